The van der Waals surface area contributed by atoms with Crippen LogP contribution < -0.4 is 5.73 Å². The number of hydrogen-bond acceptors (Lipinski definition) is 6. The quantitative estimate of drug-likeness (QED) is 0.681. The molecule has 0 amide bonds. The van der Waals surface area contributed by atoms with Crippen molar-refractivity contribution in [1.29, 1.82) is 0 Å². The zero-order chi connectivity index (χ0) is 16.0. The highest BCUT2D eigenvalue weighted by Crippen LogP contribution is 2.34. The maximum absolute atomic E-state index is 12.9. The summed E-state index contributed by atoms with van der Waals surface area (Å²) in [6.07, 6.45) is 0. The molecule has 1 atom stereocenters. The van der Waals surface area contributed by atoms with Crippen LogP contribution in [0, 0.1) is 0 Å². The molecular formula is C12H21BrN2O4S2. The summed E-state index contributed by atoms with van der Waals surface area (Å²) in [6.45, 7) is 3.02. The number of rotatable bonds is 9. The zero-order valence-corrected chi connectivity index (χ0v) is 15.6. The van der Waals surface area contributed by atoms with Gasteiger partial charge in [-0.15, -0.1) is 11.3 Å². The number of nitrogens with zero attached hydrogens (tertiary/aromatic N) is 1. The van der Waals surface area contributed by atoms with Crippen LogP contribution in [0.25, 0.3) is 0 Å². The summed E-state index contributed by atoms with van der Waals surface area (Å²) in [6, 6.07) is 1.33. The fourth-order valence-electron chi connectivity index (χ4n) is 1.88. The number of nitrogens with two attached hydrogens (primary N) is 1. The number of ether oxygens (including phenoxy) is 2. The summed E-state index contributed by atoms with van der Waals surface area (Å²) >= 11 is 4.64. The van der Waals surface area contributed by atoms with Crippen molar-refractivity contribution in [3.63, 3.8) is 0 Å². The Morgan fingerprint density at radius 1 is 1.43 bits per heavy atom. The van der Waals surface area contributed by atoms with Crippen molar-refractivity contribution in [2.75, 3.05) is 34.0 Å². The van der Waals surface area contributed by atoms with Crippen LogP contribution in [-0.2, 0) is 26.0 Å². The van der Waals surface area contributed by atoms with Crippen molar-refractivity contribution in [3.8, 4) is 0 Å². The zero-order valence-electron chi connectivity index (χ0n) is 12.3. The Morgan fingerprint density at radius 2 is 2.10 bits per heavy atom. The minimum atomic E-state index is -3.63. The van der Waals surface area contributed by atoms with Crippen molar-refractivity contribution in [2.24, 2.45) is 5.73 Å². The van der Waals surface area contributed by atoms with Gasteiger partial charge in [-0.3, -0.25) is 0 Å². The Labute approximate surface area is 138 Å². The summed E-state index contributed by atoms with van der Waals surface area (Å²) in [5.74, 6) is 0. The maximum Gasteiger partial charge on any atom is 0.245 e. The molecule has 0 bridgehead atoms. The SMILES string of the molecule is COCCN(C(C)COC)S(=O)(=O)c1cc(CN)sc1Br. The minimum absolute atomic E-state index is 0.243. The molecule has 122 valence electrons. The van der Waals surface area contributed by atoms with Crippen molar-refractivity contribution >= 4 is 37.3 Å². The lowest BCUT2D eigenvalue weighted by molar-refractivity contribution is 0.119. The highest BCUT2D eigenvalue weighted by molar-refractivity contribution is 9.11. The standard InChI is InChI=1S/C12H21BrN2O4S2/c1-9(8-19-3)15(4-5-18-2)21(16,17)11-6-10(7-14)20-12(11)13/h6,9H,4-5,7-8,14H2,1-3H3. The summed E-state index contributed by atoms with van der Waals surface area (Å²) < 4.78 is 37.8. The van der Waals surface area contributed by atoms with E-state index in [2.05, 4.69) is 15.9 Å². The van der Waals surface area contributed by atoms with Crippen LogP contribution >= 0.6 is 27.3 Å². The fraction of sp³-hybridized carbons (Fsp3) is 0.667. The summed E-state index contributed by atoms with van der Waals surface area (Å²) in [5.41, 5.74) is 5.58. The van der Waals surface area contributed by atoms with Crippen molar-refractivity contribution in [1.82, 2.24) is 4.31 Å². The first kappa shape index (κ1) is 19.0. The predicted molar refractivity (Wildman–Crippen MR) is 87.0 cm³/mol. The van der Waals surface area contributed by atoms with Gasteiger partial charge in [-0.1, -0.05) is 0 Å². The van der Waals surface area contributed by atoms with Gasteiger partial charge in [0.1, 0.15) is 4.90 Å². The number of hydrogen-bond donors (Lipinski definition) is 1. The molecule has 0 radical (unpaired) electrons. The molecule has 9 heteroatoms. The Kier molecular flexibility index (Phi) is 7.75. The van der Waals surface area contributed by atoms with Crippen LogP contribution in [0.15, 0.2) is 14.7 Å². The molecule has 0 saturated carbocycles. The van der Waals surface area contributed by atoms with Gasteiger partial charge in [-0.25, -0.2) is 8.42 Å². The first-order valence-corrected chi connectivity index (χ1v) is 9.41. The lowest BCUT2D eigenvalue weighted by Gasteiger charge is -2.27. The smallest absolute Gasteiger partial charge is 0.245 e. The van der Waals surface area contributed by atoms with Gasteiger partial charge in [0.2, 0.25) is 10.0 Å². The van der Waals surface area contributed by atoms with Crippen LogP contribution in [0.5, 0.6) is 0 Å². The van der Waals surface area contributed by atoms with Crippen LogP contribution in [0.2, 0.25) is 0 Å². The Hall–Kier alpha value is -0.0300. The molecule has 1 heterocycles. The lowest BCUT2D eigenvalue weighted by Crippen LogP contribution is -2.42. The molecule has 1 unspecified atom stereocenters. The van der Waals surface area contributed by atoms with Gasteiger partial charge in [0.05, 0.1) is 17.0 Å². The predicted octanol–water partition coefficient (Wildman–Crippen LogP) is 1.64. The molecule has 0 aliphatic rings. The van der Waals surface area contributed by atoms with Crippen molar-refractivity contribution in [2.45, 2.75) is 24.4 Å². The number of methoxy groups -OCH3 is 2. The molecule has 0 saturated heterocycles. The van der Waals surface area contributed by atoms with Gasteiger partial charge >= 0.3 is 0 Å². The van der Waals surface area contributed by atoms with Crippen molar-refractivity contribution < 1.29 is 17.9 Å². The average Bonchev–Trinajstić information content (AvgIpc) is 2.81. The Morgan fingerprint density at radius 3 is 2.57 bits per heavy atom. The van der Waals surface area contributed by atoms with Gasteiger partial charge in [0.25, 0.3) is 0 Å². The monoisotopic (exact) mass is 400 g/mol. The van der Waals surface area contributed by atoms with Crippen molar-refractivity contribution in [3.05, 3.63) is 14.7 Å². The van der Waals surface area contributed by atoms with E-state index in [1.807, 2.05) is 0 Å². The van der Waals surface area contributed by atoms with Crippen LogP contribution in [-0.4, -0.2) is 52.7 Å². The third kappa shape index (κ3) is 4.72. The number of sulfonamides is 1. The highest BCUT2D eigenvalue weighted by atomic mass is 79.9. The second-order valence-corrected chi connectivity index (χ2v) is 8.78. The van der Waals surface area contributed by atoms with E-state index in [4.69, 9.17) is 15.2 Å². The van der Waals surface area contributed by atoms with Gasteiger partial charge < -0.3 is 15.2 Å². The molecule has 0 spiro atoms. The summed E-state index contributed by atoms with van der Waals surface area (Å²) in [4.78, 5) is 1.05. The Balaban J connectivity index is 3.15. The normalized spacial score (nSPS) is 13.8. The molecule has 6 nitrogen and oxygen atoms in total. The van der Waals surface area contributed by atoms with Crippen LogP contribution in [0.4, 0.5) is 0 Å². The minimum Gasteiger partial charge on any atom is -0.383 e. The third-order valence-electron chi connectivity index (χ3n) is 2.91. The topological polar surface area (TPSA) is 81.9 Å². The van der Waals surface area contributed by atoms with E-state index in [-0.39, 0.29) is 17.5 Å². The largest absolute Gasteiger partial charge is 0.383 e. The fourth-order valence-corrected chi connectivity index (χ4v) is 6.00. The Bertz CT molecular complexity index is 547. The maximum atomic E-state index is 12.9. The van der Waals surface area contributed by atoms with Gasteiger partial charge in [0.15, 0.2) is 0 Å². The van der Waals surface area contributed by atoms with E-state index in [1.165, 1.54) is 15.6 Å². The van der Waals surface area contributed by atoms with E-state index >= 15 is 0 Å². The van der Waals surface area contributed by atoms with E-state index in [0.29, 0.717) is 23.5 Å². The molecule has 2 N–H and O–H groups in total. The van der Waals surface area contributed by atoms with Gasteiger partial charge in [0, 0.05) is 38.2 Å². The van der Waals surface area contributed by atoms with E-state index in [1.54, 1.807) is 27.2 Å². The molecule has 1 aromatic heterocycles. The average molecular weight is 401 g/mol. The number of thiophene rings is 1. The van der Waals surface area contributed by atoms with E-state index in [0.717, 1.165) is 4.88 Å². The molecule has 21 heavy (non-hydrogen) atoms. The molecule has 0 aliphatic heterocycles. The van der Waals surface area contributed by atoms with Gasteiger partial charge in [-0.05, 0) is 28.9 Å². The molecule has 1 aromatic rings. The number of halogens is 1. The highest BCUT2D eigenvalue weighted by Gasteiger charge is 2.31. The molecular weight excluding hydrogens is 380 g/mol. The first-order valence-electron chi connectivity index (χ1n) is 6.36. The summed E-state index contributed by atoms with van der Waals surface area (Å²) in [7, 11) is -0.547. The molecule has 0 fully saturated rings. The third-order valence-corrected chi connectivity index (χ3v) is 7.20. The van der Waals surface area contributed by atoms with Crippen LogP contribution in [0.3, 0.4) is 0 Å². The molecule has 0 aromatic carbocycles. The lowest BCUT2D eigenvalue weighted by atomic mass is 10.3. The first-order chi connectivity index (χ1) is 9.88. The van der Waals surface area contributed by atoms with Gasteiger partial charge in [-0.2, -0.15) is 4.31 Å². The van der Waals surface area contributed by atoms with Crippen LogP contribution in [0.1, 0.15) is 11.8 Å². The summed E-state index contributed by atoms with van der Waals surface area (Å²) in [5, 5.41) is 0. The molecule has 1 rings (SSSR count). The van der Waals surface area contributed by atoms with E-state index in [9.17, 15) is 8.42 Å². The van der Waals surface area contributed by atoms with E-state index < -0.39 is 10.0 Å². The second kappa shape index (κ2) is 8.56. The second-order valence-electron chi connectivity index (χ2n) is 4.47. The molecule has 0 aliphatic carbocycles.